The first-order valence-corrected chi connectivity index (χ1v) is 8.20. The molecule has 5 nitrogen and oxygen atoms in total. The summed E-state index contributed by atoms with van der Waals surface area (Å²) in [6, 6.07) is 12.2. The molecule has 0 aromatic heterocycles. The SMILES string of the molecule is CC1=C(C(=O)OCc2ccc(C)cc2)C(c2ccc(F)cc2)NC(=O)N1. The number of esters is 1. The number of allylic oxidation sites excluding steroid dienone is 1. The third-order valence-electron chi connectivity index (χ3n) is 4.18. The molecule has 2 aromatic rings. The van der Waals surface area contributed by atoms with Crippen molar-refractivity contribution in [2.75, 3.05) is 0 Å². The van der Waals surface area contributed by atoms with E-state index in [2.05, 4.69) is 10.6 Å². The Balaban J connectivity index is 1.82. The molecular weight excluding hydrogens is 335 g/mol. The van der Waals surface area contributed by atoms with Crippen LogP contribution in [0.25, 0.3) is 0 Å². The maximum absolute atomic E-state index is 13.2. The second-order valence-electron chi connectivity index (χ2n) is 6.18. The summed E-state index contributed by atoms with van der Waals surface area (Å²) in [6.07, 6.45) is 0. The Bertz CT molecular complexity index is 858. The average Bonchev–Trinajstić information content (AvgIpc) is 2.61. The number of carbonyl (C=O) groups is 2. The van der Waals surface area contributed by atoms with Gasteiger partial charge in [-0.05, 0) is 37.1 Å². The first kappa shape index (κ1) is 17.7. The lowest BCUT2D eigenvalue weighted by molar-refractivity contribution is -0.140. The molecule has 2 N–H and O–H groups in total. The van der Waals surface area contributed by atoms with Crippen LogP contribution >= 0.6 is 0 Å². The van der Waals surface area contributed by atoms with Crippen molar-refractivity contribution in [2.24, 2.45) is 0 Å². The second-order valence-corrected chi connectivity index (χ2v) is 6.18. The zero-order chi connectivity index (χ0) is 18.7. The minimum absolute atomic E-state index is 0.125. The van der Waals surface area contributed by atoms with E-state index in [4.69, 9.17) is 4.74 Å². The second kappa shape index (κ2) is 7.39. The van der Waals surface area contributed by atoms with Crippen LogP contribution in [0.2, 0.25) is 0 Å². The van der Waals surface area contributed by atoms with E-state index in [0.29, 0.717) is 16.8 Å². The highest BCUT2D eigenvalue weighted by Gasteiger charge is 2.32. The minimum atomic E-state index is -0.699. The van der Waals surface area contributed by atoms with Crippen molar-refractivity contribution in [3.8, 4) is 0 Å². The van der Waals surface area contributed by atoms with Crippen molar-refractivity contribution < 1.29 is 18.7 Å². The number of hydrogen-bond donors (Lipinski definition) is 2. The maximum Gasteiger partial charge on any atom is 0.338 e. The van der Waals surface area contributed by atoms with E-state index in [1.54, 1.807) is 6.92 Å². The summed E-state index contributed by atoms with van der Waals surface area (Å²) in [7, 11) is 0. The van der Waals surface area contributed by atoms with Gasteiger partial charge in [0.25, 0.3) is 0 Å². The Morgan fingerprint density at radius 3 is 2.38 bits per heavy atom. The van der Waals surface area contributed by atoms with Gasteiger partial charge in [0.15, 0.2) is 0 Å². The van der Waals surface area contributed by atoms with Crippen LogP contribution in [-0.2, 0) is 16.1 Å². The fourth-order valence-corrected chi connectivity index (χ4v) is 2.78. The number of benzene rings is 2. The van der Waals surface area contributed by atoms with Gasteiger partial charge in [0.1, 0.15) is 12.4 Å². The standard InChI is InChI=1S/C20H19FN2O3/c1-12-3-5-14(6-4-12)11-26-19(24)17-13(2)22-20(25)23-18(17)15-7-9-16(21)10-8-15/h3-10,18H,11H2,1-2H3,(H2,22,23,25). The van der Waals surface area contributed by atoms with Crippen molar-refractivity contribution >= 4 is 12.0 Å². The van der Waals surface area contributed by atoms with Gasteiger partial charge in [0.05, 0.1) is 11.6 Å². The van der Waals surface area contributed by atoms with Gasteiger partial charge in [-0.2, -0.15) is 0 Å². The first-order chi connectivity index (χ1) is 12.4. The summed E-state index contributed by atoms with van der Waals surface area (Å²) in [5, 5.41) is 5.27. The summed E-state index contributed by atoms with van der Waals surface area (Å²) < 4.78 is 18.6. The van der Waals surface area contributed by atoms with Crippen LogP contribution in [0.1, 0.15) is 29.7 Å². The number of carbonyl (C=O) groups excluding carboxylic acids is 2. The van der Waals surface area contributed by atoms with E-state index in [1.807, 2.05) is 31.2 Å². The lowest BCUT2D eigenvalue weighted by Crippen LogP contribution is -2.45. The highest BCUT2D eigenvalue weighted by molar-refractivity contribution is 5.95. The summed E-state index contributed by atoms with van der Waals surface area (Å²) in [4.78, 5) is 24.5. The van der Waals surface area contributed by atoms with Crippen molar-refractivity contribution in [1.82, 2.24) is 10.6 Å². The predicted molar refractivity (Wildman–Crippen MR) is 94.5 cm³/mol. The number of rotatable bonds is 4. The van der Waals surface area contributed by atoms with Gasteiger partial charge in [-0.25, -0.2) is 14.0 Å². The van der Waals surface area contributed by atoms with E-state index < -0.39 is 23.9 Å². The smallest absolute Gasteiger partial charge is 0.338 e. The van der Waals surface area contributed by atoms with Crippen LogP contribution in [0.15, 0.2) is 59.8 Å². The van der Waals surface area contributed by atoms with Crippen LogP contribution in [0.4, 0.5) is 9.18 Å². The van der Waals surface area contributed by atoms with E-state index in [0.717, 1.165) is 11.1 Å². The van der Waals surface area contributed by atoms with Gasteiger partial charge < -0.3 is 15.4 Å². The molecule has 26 heavy (non-hydrogen) atoms. The molecule has 6 heteroatoms. The summed E-state index contributed by atoms with van der Waals surface area (Å²) in [5.74, 6) is -0.928. The Kier molecular flexibility index (Phi) is 5.02. The highest BCUT2D eigenvalue weighted by atomic mass is 19.1. The Morgan fingerprint density at radius 1 is 1.08 bits per heavy atom. The Labute approximate surface area is 150 Å². The number of aryl methyl sites for hydroxylation is 1. The van der Waals surface area contributed by atoms with Gasteiger partial charge >= 0.3 is 12.0 Å². The molecule has 0 aliphatic carbocycles. The molecule has 1 aliphatic heterocycles. The van der Waals surface area contributed by atoms with Crippen molar-refractivity contribution in [3.63, 3.8) is 0 Å². The average molecular weight is 354 g/mol. The molecule has 0 spiro atoms. The molecule has 0 radical (unpaired) electrons. The normalized spacial score (nSPS) is 16.7. The van der Waals surface area contributed by atoms with Crippen molar-refractivity contribution in [3.05, 3.63) is 82.3 Å². The molecule has 2 amide bonds. The minimum Gasteiger partial charge on any atom is -0.457 e. The lowest BCUT2D eigenvalue weighted by atomic mass is 9.95. The molecule has 3 rings (SSSR count). The number of hydrogen-bond acceptors (Lipinski definition) is 3. The molecular formula is C20H19FN2O3. The molecule has 1 atom stereocenters. The lowest BCUT2D eigenvalue weighted by Gasteiger charge is -2.28. The Hall–Kier alpha value is -3.15. The summed E-state index contributed by atoms with van der Waals surface area (Å²) in [6.45, 7) is 3.74. The molecule has 134 valence electrons. The number of halogens is 1. The van der Waals surface area contributed by atoms with E-state index in [-0.39, 0.29) is 6.61 Å². The third kappa shape index (κ3) is 3.91. The summed E-state index contributed by atoms with van der Waals surface area (Å²) >= 11 is 0. The van der Waals surface area contributed by atoms with Crippen LogP contribution in [0.5, 0.6) is 0 Å². The third-order valence-corrected chi connectivity index (χ3v) is 4.18. The summed E-state index contributed by atoms with van der Waals surface area (Å²) in [5.41, 5.74) is 3.30. The molecule has 2 aromatic carbocycles. The van der Waals surface area contributed by atoms with Gasteiger partial charge in [0, 0.05) is 5.70 Å². The quantitative estimate of drug-likeness (QED) is 0.826. The topological polar surface area (TPSA) is 67.4 Å². The highest BCUT2D eigenvalue weighted by Crippen LogP contribution is 2.28. The van der Waals surface area contributed by atoms with Crippen LogP contribution in [-0.4, -0.2) is 12.0 Å². The van der Waals surface area contributed by atoms with E-state index in [9.17, 15) is 14.0 Å². The molecule has 0 saturated carbocycles. The van der Waals surface area contributed by atoms with Gasteiger partial charge in [-0.15, -0.1) is 0 Å². The number of nitrogens with one attached hydrogen (secondary N) is 2. The van der Waals surface area contributed by atoms with Gasteiger partial charge in [-0.3, -0.25) is 0 Å². The monoisotopic (exact) mass is 354 g/mol. The number of amides is 2. The predicted octanol–water partition coefficient (Wildman–Crippen LogP) is 3.51. The van der Waals surface area contributed by atoms with Crippen molar-refractivity contribution in [2.45, 2.75) is 26.5 Å². The molecule has 0 saturated heterocycles. The largest absolute Gasteiger partial charge is 0.457 e. The van der Waals surface area contributed by atoms with Crippen LogP contribution in [0.3, 0.4) is 0 Å². The number of ether oxygens (including phenoxy) is 1. The van der Waals surface area contributed by atoms with E-state index in [1.165, 1.54) is 24.3 Å². The molecule has 0 fully saturated rings. The fraction of sp³-hybridized carbons (Fsp3) is 0.200. The zero-order valence-corrected chi connectivity index (χ0v) is 14.5. The molecule has 1 aliphatic rings. The van der Waals surface area contributed by atoms with Crippen molar-refractivity contribution in [1.29, 1.82) is 0 Å². The van der Waals surface area contributed by atoms with Crippen LogP contribution < -0.4 is 10.6 Å². The van der Waals surface area contributed by atoms with E-state index >= 15 is 0 Å². The fourth-order valence-electron chi connectivity index (χ4n) is 2.78. The molecule has 0 bridgehead atoms. The van der Waals surface area contributed by atoms with Crippen LogP contribution in [0, 0.1) is 12.7 Å². The van der Waals surface area contributed by atoms with Gasteiger partial charge in [-0.1, -0.05) is 42.0 Å². The van der Waals surface area contributed by atoms with Gasteiger partial charge in [0.2, 0.25) is 0 Å². The molecule has 1 heterocycles. The maximum atomic E-state index is 13.2. The number of urea groups is 1. The Morgan fingerprint density at radius 2 is 1.73 bits per heavy atom. The zero-order valence-electron chi connectivity index (χ0n) is 14.5. The molecule has 1 unspecified atom stereocenters. The first-order valence-electron chi connectivity index (χ1n) is 8.20.